The fourth-order valence-corrected chi connectivity index (χ4v) is 0.980. The number of carboxylic acid groups (broad SMARTS) is 1. The lowest BCUT2D eigenvalue weighted by molar-refractivity contribution is -0.155. The molecule has 3 atom stereocenters. The second-order valence-corrected chi connectivity index (χ2v) is 5.35. The summed E-state index contributed by atoms with van der Waals surface area (Å²) in [6.45, 7) is 8.68. The predicted octanol–water partition coefficient (Wildman–Crippen LogP) is -0.668. The topological polar surface area (TPSA) is 163 Å². The summed E-state index contributed by atoms with van der Waals surface area (Å²) in [6, 6.07) is 0. The maximum absolute atomic E-state index is 11.0. The maximum atomic E-state index is 11.0. The highest BCUT2D eigenvalue weighted by Crippen LogP contribution is 1.98. The van der Waals surface area contributed by atoms with Gasteiger partial charge in [0, 0.05) is 17.2 Å². The minimum absolute atomic E-state index is 0.0852. The van der Waals surface area contributed by atoms with E-state index in [1.54, 1.807) is 0 Å². The van der Waals surface area contributed by atoms with Crippen LogP contribution in [0.5, 0.6) is 0 Å². The van der Waals surface area contributed by atoms with Crippen molar-refractivity contribution in [2.45, 2.75) is 32.3 Å². The predicted molar refractivity (Wildman–Crippen MR) is 94.4 cm³/mol. The van der Waals surface area contributed by atoms with Crippen molar-refractivity contribution < 1.29 is 49.3 Å². The minimum Gasteiger partial charge on any atom is -0.498 e. The number of hydrogen-bond acceptors (Lipinski definition) is 9. The summed E-state index contributed by atoms with van der Waals surface area (Å²) < 4.78 is 14.3. The molecule has 0 saturated heterocycles. The van der Waals surface area contributed by atoms with Crippen LogP contribution in [0.1, 0.15) is 13.8 Å². The molecule has 3 unspecified atom stereocenters. The fraction of sp³-hybridized carbons (Fsp3) is 0.529. The van der Waals surface area contributed by atoms with Crippen molar-refractivity contribution >= 4 is 11.9 Å². The van der Waals surface area contributed by atoms with E-state index in [-0.39, 0.29) is 31.0 Å². The monoisotopic (exact) mass is 392 g/mol. The highest BCUT2D eigenvalue weighted by molar-refractivity contribution is 5.87. The van der Waals surface area contributed by atoms with Gasteiger partial charge in [0.15, 0.2) is 0 Å². The van der Waals surface area contributed by atoms with Crippen LogP contribution in [0.3, 0.4) is 0 Å². The Hall–Kier alpha value is -2.24. The van der Waals surface area contributed by atoms with Gasteiger partial charge in [-0.25, -0.2) is 9.59 Å². The lowest BCUT2D eigenvalue weighted by Gasteiger charge is -2.13. The molecule has 0 aliphatic heterocycles. The highest BCUT2D eigenvalue weighted by atomic mass is 16.6. The van der Waals surface area contributed by atoms with Crippen molar-refractivity contribution in [2.24, 2.45) is 0 Å². The molecule has 10 nitrogen and oxygen atoms in total. The standard InChI is InChI=1S/C13H22O8.C4H6O2/c1-9(2)13(18)21-12(17)3-4-19-7-11(16)8-20-6-10(15)5-14;1-3(2)4(5)6/h3-4,10-12,14-17H,1,5-8H2,2H3;1H2,2H3,(H,5,6). The average molecular weight is 392 g/mol. The van der Waals surface area contributed by atoms with E-state index in [9.17, 15) is 19.8 Å². The number of hydrogen-bond donors (Lipinski definition) is 5. The molecule has 0 amide bonds. The van der Waals surface area contributed by atoms with E-state index in [1.807, 2.05) is 0 Å². The van der Waals surface area contributed by atoms with Crippen LogP contribution >= 0.6 is 0 Å². The van der Waals surface area contributed by atoms with Crippen LogP contribution in [0.2, 0.25) is 0 Å². The number of carbonyl (C=O) groups is 2. The third kappa shape index (κ3) is 18.4. The first-order valence-electron chi connectivity index (χ1n) is 7.77. The zero-order chi connectivity index (χ0) is 21.4. The normalized spacial score (nSPS) is 13.7. The molecule has 5 N–H and O–H groups in total. The molecule has 0 heterocycles. The Morgan fingerprint density at radius 2 is 1.52 bits per heavy atom. The number of aliphatic hydroxyl groups is 4. The lowest BCUT2D eigenvalue weighted by Crippen LogP contribution is -2.26. The van der Waals surface area contributed by atoms with Gasteiger partial charge in [0.05, 0.1) is 26.1 Å². The first kappa shape index (κ1) is 27.0. The third-order valence-electron chi connectivity index (χ3n) is 2.40. The van der Waals surface area contributed by atoms with E-state index in [1.165, 1.54) is 13.8 Å². The molecule has 27 heavy (non-hydrogen) atoms. The second kappa shape index (κ2) is 16.0. The van der Waals surface area contributed by atoms with E-state index in [4.69, 9.17) is 24.8 Å². The Balaban J connectivity index is 0. The van der Waals surface area contributed by atoms with Crippen LogP contribution in [0.25, 0.3) is 0 Å². The molecule has 0 aromatic rings. The van der Waals surface area contributed by atoms with E-state index in [2.05, 4.69) is 17.9 Å². The van der Waals surface area contributed by atoms with Crippen LogP contribution < -0.4 is 0 Å². The zero-order valence-electron chi connectivity index (χ0n) is 15.4. The number of carboxylic acids is 1. The number of ether oxygens (including phenoxy) is 3. The molecule has 0 rings (SSSR count). The number of rotatable bonds is 12. The van der Waals surface area contributed by atoms with Crippen LogP contribution in [0.4, 0.5) is 0 Å². The molecule has 0 radical (unpaired) electrons. The van der Waals surface area contributed by atoms with Gasteiger partial charge in [-0.3, -0.25) is 0 Å². The molecule has 0 aliphatic carbocycles. The number of aliphatic carboxylic acids is 1. The number of esters is 1. The number of carbonyl (C=O) groups excluding carboxylic acids is 1. The zero-order valence-corrected chi connectivity index (χ0v) is 15.4. The molecule has 156 valence electrons. The summed E-state index contributed by atoms with van der Waals surface area (Å²) in [6.07, 6.45) is -1.26. The van der Waals surface area contributed by atoms with Crippen LogP contribution in [-0.4, -0.2) is 82.4 Å². The Kier molecular flexibility index (Phi) is 16.0. The Labute approximate surface area is 157 Å². The van der Waals surface area contributed by atoms with Crippen molar-refractivity contribution in [3.05, 3.63) is 36.6 Å². The molecule has 0 aliphatic rings. The van der Waals surface area contributed by atoms with Gasteiger partial charge < -0.3 is 39.7 Å². The second-order valence-electron chi connectivity index (χ2n) is 5.35. The quantitative estimate of drug-likeness (QED) is 0.125. The van der Waals surface area contributed by atoms with Gasteiger partial charge in [0.25, 0.3) is 0 Å². The summed E-state index contributed by atoms with van der Waals surface area (Å²) in [4.78, 5) is 20.6. The van der Waals surface area contributed by atoms with Crippen molar-refractivity contribution in [1.82, 2.24) is 0 Å². The lowest BCUT2D eigenvalue weighted by atomic mass is 10.4. The first-order valence-corrected chi connectivity index (χ1v) is 7.77. The van der Waals surface area contributed by atoms with Crippen molar-refractivity contribution in [1.29, 1.82) is 0 Å². The van der Waals surface area contributed by atoms with E-state index < -0.39 is 37.0 Å². The van der Waals surface area contributed by atoms with Crippen LogP contribution in [0, 0.1) is 0 Å². The molecule has 0 fully saturated rings. The molecule has 0 saturated carbocycles. The molecule has 0 aromatic carbocycles. The summed E-state index contributed by atoms with van der Waals surface area (Å²) in [7, 11) is 0. The molecule has 10 heteroatoms. The Bertz CT molecular complexity index is 488. The summed E-state index contributed by atoms with van der Waals surface area (Å²) in [5.74, 6) is -1.67. The highest BCUT2D eigenvalue weighted by Gasteiger charge is 2.09. The molecule has 0 bridgehead atoms. The van der Waals surface area contributed by atoms with Crippen molar-refractivity contribution in [3.63, 3.8) is 0 Å². The van der Waals surface area contributed by atoms with Gasteiger partial charge >= 0.3 is 11.9 Å². The summed E-state index contributed by atoms with van der Waals surface area (Å²) >= 11 is 0. The van der Waals surface area contributed by atoms with Crippen LogP contribution in [0.15, 0.2) is 36.6 Å². The largest absolute Gasteiger partial charge is 0.498 e. The molecular weight excluding hydrogens is 364 g/mol. The van der Waals surface area contributed by atoms with E-state index >= 15 is 0 Å². The van der Waals surface area contributed by atoms with Crippen molar-refractivity contribution in [3.8, 4) is 0 Å². The van der Waals surface area contributed by atoms with E-state index in [0.717, 1.165) is 12.3 Å². The van der Waals surface area contributed by atoms with Gasteiger partial charge in [-0.15, -0.1) is 0 Å². The van der Waals surface area contributed by atoms with Crippen molar-refractivity contribution in [2.75, 3.05) is 26.4 Å². The van der Waals surface area contributed by atoms with Gasteiger partial charge in [-0.05, 0) is 13.8 Å². The van der Waals surface area contributed by atoms with Crippen LogP contribution in [-0.2, 0) is 23.8 Å². The third-order valence-corrected chi connectivity index (χ3v) is 2.40. The first-order chi connectivity index (χ1) is 12.5. The molecule has 0 spiro atoms. The Morgan fingerprint density at radius 1 is 1.00 bits per heavy atom. The van der Waals surface area contributed by atoms with Gasteiger partial charge in [-0.2, -0.15) is 0 Å². The maximum Gasteiger partial charge on any atom is 0.335 e. The van der Waals surface area contributed by atoms with Gasteiger partial charge in [0.2, 0.25) is 6.29 Å². The van der Waals surface area contributed by atoms with E-state index in [0.29, 0.717) is 0 Å². The van der Waals surface area contributed by atoms with Gasteiger partial charge in [-0.1, -0.05) is 13.2 Å². The smallest absolute Gasteiger partial charge is 0.335 e. The number of aliphatic hydroxyl groups excluding tert-OH is 4. The minimum atomic E-state index is -1.47. The molecular formula is C17H28O10. The molecule has 0 aromatic heterocycles. The average Bonchev–Trinajstić information content (AvgIpc) is 2.58. The Morgan fingerprint density at radius 3 is 1.96 bits per heavy atom. The van der Waals surface area contributed by atoms with Gasteiger partial charge in [0.1, 0.15) is 18.8 Å². The fourth-order valence-electron chi connectivity index (χ4n) is 0.980. The summed E-state index contributed by atoms with van der Waals surface area (Å²) in [5, 5.41) is 44.1. The summed E-state index contributed by atoms with van der Waals surface area (Å²) in [5.41, 5.74) is 0.330. The SMILES string of the molecule is C=C(C)C(=O)O.C=C(C)C(=O)OC(O)C=COCC(O)COCC(O)CO.